The summed E-state index contributed by atoms with van der Waals surface area (Å²) in [4.78, 5) is 34.8. The van der Waals surface area contributed by atoms with Crippen LogP contribution in [0.25, 0.3) is 0 Å². The van der Waals surface area contributed by atoms with Crippen LogP contribution in [0, 0.1) is 0 Å². The standard InChI is InChI=1S/C13H25N3O4/c1-10(17)14-8-5-4-6-11(16(2)3)13(20)15-9-7-12(18)19/h11H,4-9H2,1-3H3,(H,14,17)(H,15,20)(H,18,19)/i2+1,3+1,8+1,10+1,14+1. The molecule has 0 aliphatic rings. The van der Waals surface area contributed by atoms with Crippen LogP contribution >= 0.6 is 0 Å². The first-order valence-corrected chi connectivity index (χ1v) is 6.75. The number of carbonyl (C=O) groups excluding carboxylic acids is 2. The van der Waals surface area contributed by atoms with Crippen molar-refractivity contribution in [3.63, 3.8) is 0 Å². The number of nitrogens with one attached hydrogen (secondary N) is 2. The molecule has 7 nitrogen and oxygen atoms in total. The third-order valence-electron chi connectivity index (χ3n) is 2.84. The average molecular weight is 292 g/mol. The molecule has 0 saturated carbocycles. The van der Waals surface area contributed by atoms with Crippen LogP contribution in [0.1, 0.15) is 32.6 Å². The van der Waals surface area contributed by atoms with E-state index in [0.717, 1.165) is 12.8 Å². The van der Waals surface area contributed by atoms with Gasteiger partial charge in [0.1, 0.15) is 0 Å². The zero-order valence-corrected chi connectivity index (χ0v) is 12.4. The van der Waals surface area contributed by atoms with E-state index in [2.05, 4.69) is 10.6 Å². The van der Waals surface area contributed by atoms with Gasteiger partial charge in [-0.05, 0) is 33.4 Å². The maximum absolute atomic E-state index is 11.9. The van der Waals surface area contributed by atoms with Gasteiger partial charge in [0, 0.05) is 20.0 Å². The Morgan fingerprint density at radius 1 is 1.10 bits per heavy atom. The summed E-state index contributed by atoms with van der Waals surface area (Å²) >= 11 is 0. The number of carboxylic acids is 1. The van der Waals surface area contributed by atoms with Gasteiger partial charge in [0.15, 0.2) is 0 Å². The molecule has 0 saturated heterocycles. The number of hydrogen-bond acceptors (Lipinski definition) is 4. The Labute approximate surface area is 119 Å². The third kappa shape index (κ3) is 9.32. The normalized spacial score (nSPS) is 12.0. The number of amides is 2. The maximum Gasteiger partial charge on any atom is 0.305 e. The van der Waals surface area contributed by atoms with Crippen LogP contribution in [0.15, 0.2) is 0 Å². The van der Waals surface area contributed by atoms with Crippen molar-refractivity contribution >= 4 is 17.8 Å². The number of hydrogen-bond donors (Lipinski definition) is 3. The first kappa shape index (κ1) is 18.4. The Morgan fingerprint density at radius 2 is 1.75 bits per heavy atom. The molecule has 0 aliphatic heterocycles. The minimum absolute atomic E-state index is 0.0550. The summed E-state index contributed by atoms with van der Waals surface area (Å²) in [6.07, 6.45) is 2.22. The van der Waals surface area contributed by atoms with Gasteiger partial charge in [-0.3, -0.25) is 19.3 Å². The van der Waals surface area contributed by atoms with Gasteiger partial charge in [-0.25, -0.2) is 0 Å². The molecule has 0 radical (unpaired) electrons. The molecule has 0 bridgehead atoms. The number of rotatable bonds is 10. The Kier molecular flexibility index (Phi) is 9.36. The highest BCUT2D eigenvalue weighted by molar-refractivity contribution is 5.82. The molecule has 1 unspecified atom stereocenters. The van der Waals surface area contributed by atoms with Gasteiger partial charge < -0.3 is 15.7 Å². The van der Waals surface area contributed by atoms with Crippen LogP contribution in [0.2, 0.25) is 0 Å². The molecule has 0 aromatic rings. The number of unbranched alkanes of at least 4 members (excludes halogenated alkanes) is 1. The second kappa shape index (κ2) is 10.2. The molecule has 0 fully saturated rings. The van der Waals surface area contributed by atoms with Crippen LogP contribution in [0.5, 0.6) is 0 Å². The Morgan fingerprint density at radius 3 is 2.25 bits per heavy atom. The van der Waals surface area contributed by atoms with Crippen molar-refractivity contribution in [3.8, 4) is 0 Å². The predicted molar refractivity (Wildman–Crippen MR) is 75.3 cm³/mol. The Bertz CT molecular complexity index is 332. The van der Waals surface area contributed by atoms with E-state index in [1.165, 1.54) is 6.92 Å². The minimum atomic E-state index is -0.929. The number of carboxylic acid groups (broad SMARTS) is 1. The lowest BCUT2D eigenvalue weighted by atomic mass is 10.1. The SMILES string of the molecule is C[13C](=O)[15NH][13CH2]CCCC(C(=O)NCCC(=O)O)N([13CH3])[13CH3]. The lowest BCUT2D eigenvalue weighted by molar-refractivity contribution is -0.137. The summed E-state index contributed by atoms with van der Waals surface area (Å²) in [5.74, 6) is -1.14. The largest absolute Gasteiger partial charge is 0.481 e. The van der Waals surface area contributed by atoms with Crippen LogP contribution in [0.4, 0.5) is 0 Å². The molecule has 1 atom stereocenters. The van der Waals surface area contributed by atoms with Gasteiger partial charge in [0.25, 0.3) is 0 Å². The predicted octanol–water partition coefficient (Wildman–Crippen LogP) is -0.186. The molecule has 3 N–H and O–H groups in total. The summed E-state index contributed by atoms with van der Waals surface area (Å²) in [6, 6.07) is -0.277. The van der Waals surface area contributed by atoms with Gasteiger partial charge in [0.05, 0.1) is 12.5 Å². The average Bonchev–Trinajstić information content (AvgIpc) is 2.32. The van der Waals surface area contributed by atoms with Crippen molar-refractivity contribution in [2.45, 2.75) is 38.6 Å². The highest BCUT2D eigenvalue weighted by Crippen LogP contribution is 2.06. The molecule has 0 aliphatic carbocycles. The van der Waals surface area contributed by atoms with Crippen molar-refractivity contribution in [3.05, 3.63) is 0 Å². The van der Waals surface area contributed by atoms with E-state index >= 15 is 0 Å². The van der Waals surface area contributed by atoms with E-state index in [9.17, 15) is 14.4 Å². The molecule has 7 heteroatoms. The molecule has 0 spiro atoms. The zero-order valence-electron chi connectivity index (χ0n) is 12.4. The molecular formula is C13H25N3O4. The molecule has 20 heavy (non-hydrogen) atoms. The topological polar surface area (TPSA) is 98.7 Å². The number of aliphatic carboxylic acids is 1. The van der Waals surface area contributed by atoms with Crippen LogP contribution in [-0.2, 0) is 14.4 Å². The van der Waals surface area contributed by atoms with Gasteiger partial charge in [-0.1, -0.05) is 0 Å². The van der Waals surface area contributed by atoms with Crippen molar-refractivity contribution in [1.29, 1.82) is 0 Å². The highest BCUT2D eigenvalue weighted by atomic mass is 16.4. The van der Waals surface area contributed by atoms with Crippen LogP contribution in [-0.4, -0.2) is 61.0 Å². The Balaban J connectivity index is 3.99. The molecule has 0 aromatic heterocycles. The second-order valence-corrected chi connectivity index (χ2v) is 4.89. The lowest BCUT2D eigenvalue weighted by Crippen LogP contribution is -2.44. The van der Waals surface area contributed by atoms with E-state index in [1.807, 2.05) is 19.0 Å². The smallest absolute Gasteiger partial charge is 0.305 e. The summed E-state index contributed by atoms with van der Waals surface area (Å²) in [5.41, 5.74) is 0. The van der Waals surface area contributed by atoms with Gasteiger partial charge >= 0.3 is 5.97 Å². The molecule has 0 rings (SSSR count). The maximum atomic E-state index is 11.9. The molecule has 0 heterocycles. The molecule has 0 aromatic carbocycles. The fraction of sp³-hybridized carbons (Fsp3) is 0.769. The Hall–Kier alpha value is -1.63. The van der Waals surface area contributed by atoms with Crippen molar-refractivity contribution < 1.29 is 19.5 Å². The van der Waals surface area contributed by atoms with Gasteiger partial charge in [-0.15, -0.1) is 0 Å². The zero-order chi connectivity index (χ0) is 15.5. The van der Waals surface area contributed by atoms with Crippen molar-refractivity contribution in [2.75, 3.05) is 27.2 Å². The fourth-order valence-corrected chi connectivity index (χ4v) is 1.76. The van der Waals surface area contributed by atoms with E-state index < -0.39 is 5.97 Å². The van der Waals surface area contributed by atoms with Crippen LogP contribution in [0.3, 0.4) is 0 Å². The van der Waals surface area contributed by atoms with E-state index in [-0.39, 0.29) is 30.8 Å². The minimum Gasteiger partial charge on any atom is -0.481 e. The van der Waals surface area contributed by atoms with E-state index in [1.54, 1.807) is 0 Å². The lowest BCUT2D eigenvalue weighted by Gasteiger charge is -2.23. The van der Waals surface area contributed by atoms with Crippen molar-refractivity contribution in [1.82, 2.24) is 15.5 Å². The summed E-state index contributed by atoms with van der Waals surface area (Å²) < 4.78 is 0. The number of carbonyl (C=O) groups is 3. The second-order valence-electron chi connectivity index (χ2n) is 4.89. The van der Waals surface area contributed by atoms with Crippen LogP contribution < -0.4 is 10.6 Å². The summed E-state index contributed by atoms with van der Waals surface area (Å²) in [5, 5.41) is 13.9. The monoisotopic (exact) mass is 292 g/mol. The van der Waals surface area contributed by atoms with E-state index in [0.29, 0.717) is 13.0 Å². The van der Waals surface area contributed by atoms with Gasteiger partial charge in [0.2, 0.25) is 11.8 Å². The van der Waals surface area contributed by atoms with Crippen molar-refractivity contribution in [2.24, 2.45) is 0 Å². The number of likely N-dealkylation sites (N-methyl/N-ethyl adjacent to an activating group) is 1. The number of nitrogens with zero attached hydrogens (tertiary/aromatic N) is 1. The fourth-order valence-electron chi connectivity index (χ4n) is 1.76. The highest BCUT2D eigenvalue weighted by Gasteiger charge is 2.19. The first-order chi connectivity index (χ1) is 9.34. The summed E-state index contributed by atoms with van der Waals surface area (Å²) in [6.45, 7) is 2.22. The first-order valence-electron chi connectivity index (χ1n) is 6.75. The third-order valence-corrected chi connectivity index (χ3v) is 2.84. The molecular weight excluding hydrogens is 267 g/mol. The molecule has 2 amide bonds. The summed E-state index contributed by atoms with van der Waals surface area (Å²) in [7, 11) is 3.63. The van der Waals surface area contributed by atoms with E-state index in [4.69, 9.17) is 5.11 Å². The quantitative estimate of drug-likeness (QED) is 0.294. The van der Waals surface area contributed by atoms with Gasteiger partial charge in [-0.2, -0.15) is 0 Å². The molecule has 116 valence electrons.